The quantitative estimate of drug-likeness (QED) is 0.862. The number of carbonyl (C=O) groups excluding carboxylic acids is 3. The highest BCUT2D eigenvalue weighted by molar-refractivity contribution is 5.94. The fourth-order valence-corrected chi connectivity index (χ4v) is 3.51. The van der Waals surface area contributed by atoms with Gasteiger partial charge in [-0.3, -0.25) is 14.9 Å². The van der Waals surface area contributed by atoms with Gasteiger partial charge in [0, 0.05) is 40.4 Å². The first-order valence-corrected chi connectivity index (χ1v) is 8.39. The maximum atomic E-state index is 12.6. The molecule has 0 aliphatic carbocycles. The number of nitrogens with one attached hydrogen (secondary N) is 1. The summed E-state index contributed by atoms with van der Waals surface area (Å²) in [7, 11) is 5.12. The van der Waals surface area contributed by atoms with Crippen LogP contribution in [0.5, 0.6) is 0 Å². The number of hydrogen-bond acceptors (Lipinski definition) is 4. The van der Waals surface area contributed by atoms with E-state index in [1.807, 2.05) is 0 Å². The third-order valence-electron chi connectivity index (χ3n) is 4.85. The van der Waals surface area contributed by atoms with Gasteiger partial charge in [0.2, 0.25) is 5.91 Å². The van der Waals surface area contributed by atoms with Gasteiger partial charge in [-0.25, -0.2) is 9.78 Å². The Labute approximate surface area is 146 Å². The number of aromatic nitrogens is 1. The molecule has 0 bridgehead atoms. The van der Waals surface area contributed by atoms with E-state index in [-0.39, 0.29) is 29.8 Å². The van der Waals surface area contributed by atoms with Crippen LogP contribution in [0, 0.1) is 5.92 Å². The topological polar surface area (TPSA) is 85.8 Å². The molecule has 1 aromatic heterocycles. The molecular weight excluding hydrogens is 322 g/mol. The number of carbonyl (C=O) groups is 3. The van der Waals surface area contributed by atoms with Gasteiger partial charge >= 0.3 is 6.03 Å². The first-order chi connectivity index (χ1) is 11.9. The van der Waals surface area contributed by atoms with Crippen molar-refractivity contribution < 1.29 is 14.4 Å². The molecule has 1 aromatic rings. The predicted octanol–water partition coefficient (Wildman–Crippen LogP) is 0.868. The van der Waals surface area contributed by atoms with E-state index >= 15 is 0 Å². The van der Waals surface area contributed by atoms with Crippen LogP contribution >= 0.6 is 0 Å². The van der Waals surface area contributed by atoms with E-state index in [0.717, 1.165) is 12.8 Å². The second-order valence-corrected chi connectivity index (χ2v) is 6.79. The third kappa shape index (κ3) is 3.29. The molecule has 25 heavy (non-hydrogen) atoms. The molecule has 4 amide bonds. The van der Waals surface area contributed by atoms with Gasteiger partial charge in [-0.1, -0.05) is 0 Å². The van der Waals surface area contributed by atoms with Crippen LogP contribution in [0.4, 0.5) is 10.6 Å². The Hall–Kier alpha value is -2.64. The Morgan fingerprint density at radius 1 is 1.32 bits per heavy atom. The Bertz CT molecular complexity index is 688. The Morgan fingerprint density at radius 3 is 2.72 bits per heavy atom. The summed E-state index contributed by atoms with van der Waals surface area (Å²) in [6.45, 7) is 1.20. The first kappa shape index (κ1) is 17.2. The average molecular weight is 345 g/mol. The van der Waals surface area contributed by atoms with Crippen molar-refractivity contribution in [1.82, 2.24) is 19.7 Å². The number of pyridine rings is 1. The molecule has 0 spiro atoms. The van der Waals surface area contributed by atoms with Crippen LogP contribution in [-0.4, -0.2) is 77.8 Å². The van der Waals surface area contributed by atoms with Gasteiger partial charge in [-0.15, -0.1) is 0 Å². The van der Waals surface area contributed by atoms with Crippen molar-refractivity contribution in [2.24, 2.45) is 5.92 Å². The van der Waals surface area contributed by atoms with Gasteiger partial charge in [0.05, 0.1) is 17.5 Å². The van der Waals surface area contributed by atoms with Crippen LogP contribution in [0.15, 0.2) is 18.3 Å². The van der Waals surface area contributed by atoms with Crippen LogP contribution in [0.25, 0.3) is 0 Å². The molecule has 2 aliphatic rings. The molecule has 8 nitrogen and oxygen atoms in total. The molecule has 1 N–H and O–H groups in total. The van der Waals surface area contributed by atoms with Crippen molar-refractivity contribution >= 4 is 23.7 Å². The van der Waals surface area contributed by atoms with Gasteiger partial charge in [0.25, 0.3) is 5.91 Å². The van der Waals surface area contributed by atoms with E-state index < -0.39 is 0 Å². The van der Waals surface area contributed by atoms with Gasteiger partial charge in [-0.2, -0.15) is 0 Å². The molecule has 0 radical (unpaired) electrons. The zero-order valence-electron chi connectivity index (χ0n) is 14.7. The van der Waals surface area contributed by atoms with Crippen molar-refractivity contribution in [1.29, 1.82) is 0 Å². The molecule has 8 heteroatoms. The maximum absolute atomic E-state index is 12.6. The number of urea groups is 1. The summed E-state index contributed by atoms with van der Waals surface area (Å²) in [6.07, 6.45) is 3.10. The molecule has 3 heterocycles. The molecule has 2 atom stereocenters. The summed E-state index contributed by atoms with van der Waals surface area (Å²) in [5, 5.41) is 2.77. The molecule has 0 aromatic carbocycles. The Morgan fingerprint density at radius 2 is 2.08 bits per heavy atom. The smallest absolute Gasteiger partial charge is 0.323 e. The zero-order valence-corrected chi connectivity index (χ0v) is 14.7. The number of likely N-dealkylation sites (tertiary alicyclic amines) is 2. The SMILES string of the molecule is CN(C)C(=O)c1ccc(NC(=O)N2CCC[C@H]3C(=O)N(C)C[C@H]32)nc1. The number of nitrogens with zero attached hydrogens (tertiary/aromatic N) is 4. The van der Waals surface area contributed by atoms with Gasteiger partial charge in [0.15, 0.2) is 0 Å². The lowest BCUT2D eigenvalue weighted by atomic mass is 9.92. The summed E-state index contributed by atoms with van der Waals surface area (Å²) in [5.74, 6) is 0.265. The van der Waals surface area contributed by atoms with E-state index in [2.05, 4.69) is 10.3 Å². The number of likely N-dealkylation sites (N-methyl/N-ethyl adjacent to an activating group) is 1. The third-order valence-corrected chi connectivity index (χ3v) is 4.85. The van der Waals surface area contributed by atoms with Crippen molar-refractivity contribution in [3.05, 3.63) is 23.9 Å². The van der Waals surface area contributed by atoms with Crippen molar-refractivity contribution in [3.63, 3.8) is 0 Å². The minimum absolute atomic E-state index is 0.0826. The molecule has 0 saturated carbocycles. The van der Waals surface area contributed by atoms with E-state index in [1.54, 1.807) is 43.1 Å². The summed E-state index contributed by atoms with van der Waals surface area (Å²) < 4.78 is 0. The molecule has 2 aliphatic heterocycles. The normalized spacial score (nSPS) is 22.6. The van der Waals surface area contributed by atoms with Crippen molar-refractivity contribution in [3.8, 4) is 0 Å². The number of anilines is 1. The molecule has 2 saturated heterocycles. The van der Waals surface area contributed by atoms with E-state index in [9.17, 15) is 14.4 Å². The molecule has 2 fully saturated rings. The standard InChI is InChI=1S/C17H23N5O3/c1-20(2)15(23)11-6-7-14(18-9-11)19-17(25)22-8-4-5-12-13(22)10-21(3)16(12)24/h6-7,9,12-13H,4-5,8,10H2,1-3H3,(H,18,19,25)/t12-,13-/m1/s1. The Kier molecular flexibility index (Phi) is 4.61. The summed E-state index contributed by atoms with van der Waals surface area (Å²) >= 11 is 0. The molecular formula is C17H23N5O3. The number of piperidine rings is 1. The fourth-order valence-electron chi connectivity index (χ4n) is 3.51. The molecule has 134 valence electrons. The highest BCUT2D eigenvalue weighted by atomic mass is 16.2. The fraction of sp³-hybridized carbons (Fsp3) is 0.529. The average Bonchev–Trinajstić information content (AvgIpc) is 2.89. The second-order valence-electron chi connectivity index (χ2n) is 6.79. The summed E-state index contributed by atoms with van der Waals surface area (Å²) in [4.78, 5) is 45.7. The number of hydrogen-bond donors (Lipinski definition) is 1. The molecule has 0 unspecified atom stereocenters. The molecule has 3 rings (SSSR count). The van der Waals surface area contributed by atoms with E-state index in [4.69, 9.17) is 0 Å². The second kappa shape index (κ2) is 6.70. The van der Waals surface area contributed by atoms with Crippen LogP contribution in [0.3, 0.4) is 0 Å². The van der Waals surface area contributed by atoms with Gasteiger partial charge in [0.1, 0.15) is 5.82 Å². The monoisotopic (exact) mass is 345 g/mol. The summed E-state index contributed by atoms with van der Waals surface area (Å²) in [6, 6.07) is 2.91. The minimum atomic E-state index is -0.253. The maximum Gasteiger partial charge on any atom is 0.323 e. The number of rotatable bonds is 2. The van der Waals surface area contributed by atoms with Crippen molar-refractivity contribution in [2.75, 3.05) is 39.5 Å². The predicted molar refractivity (Wildman–Crippen MR) is 92.1 cm³/mol. The largest absolute Gasteiger partial charge is 0.345 e. The lowest BCUT2D eigenvalue weighted by Gasteiger charge is -2.35. The highest BCUT2D eigenvalue weighted by Crippen LogP contribution is 2.31. The number of fused-ring (bicyclic) bond motifs is 1. The van der Waals surface area contributed by atoms with Crippen molar-refractivity contribution in [2.45, 2.75) is 18.9 Å². The van der Waals surface area contributed by atoms with Gasteiger partial charge in [-0.05, 0) is 25.0 Å². The number of amides is 4. The lowest BCUT2D eigenvalue weighted by molar-refractivity contribution is -0.130. The van der Waals surface area contributed by atoms with Crippen LogP contribution in [-0.2, 0) is 4.79 Å². The van der Waals surface area contributed by atoms with Crippen LogP contribution in [0.1, 0.15) is 23.2 Å². The zero-order chi connectivity index (χ0) is 18.1. The highest BCUT2D eigenvalue weighted by Gasteiger charge is 2.45. The summed E-state index contributed by atoms with van der Waals surface area (Å²) in [5.41, 5.74) is 0.462. The lowest BCUT2D eigenvalue weighted by Crippen LogP contribution is -2.50. The minimum Gasteiger partial charge on any atom is -0.345 e. The Balaban J connectivity index is 1.68. The van der Waals surface area contributed by atoms with E-state index in [0.29, 0.717) is 24.5 Å². The van der Waals surface area contributed by atoms with Gasteiger partial charge < -0.3 is 14.7 Å². The van der Waals surface area contributed by atoms with Crippen LogP contribution < -0.4 is 5.32 Å². The van der Waals surface area contributed by atoms with E-state index in [1.165, 1.54) is 11.1 Å². The first-order valence-electron chi connectivity index (χ1n) is 8.39. The van der Waals surface area contributed by atoms with Crippen LogP contribution in [0.2, 0.25) is 0 Å².